The fourth-order valence-corrected chi connectivity index (χ4v) is 4.18. The number of aliphatic imine (C=N–C) groups is 1. The molecule has 0 amide bonds. The number of fused-ring (bicyclic) bond motifs is 1. The molecule has 1 aliphatic carbocycles. The third-order valence-electron chi connectivity index (χ3n) is 5.41. The maximum absolute atomic E-state index is 5.52. The third kappa shape index (κ3) is 4.51. The van der Waals surface area contributed by atoms with Gasteiger partial charge in [-0.15, -0.1) is 24.0 Å². The summed E-state index contributed by atoms with van der Waals surface area (Å²) in [6.45, 7) is 2.96. The third-order valence-corrected chi connectivity index (χ3v) is 5.41. The van der Waals surface area contributed by atoms with Gasteiger partial charge in [-0.3, -0.25) is 4.99 Å². The Kier molecular flexibility index (Phi) is 7.65. The van der Waals surface area contributed by atoms with Crippen LogP contribution < -0.4 is 14.8 Å². The van der Waals surface area contributed by atoms with Gasteiger partial charge < -0.3 is 19.7 Å². The summed E-state index contributed by atoms with van der Waals surface area (Å²) in [5.74, 6) is 4.25. The van der Waals surface area contributed by atoms with Crippen LogP contribution in [0.5, 0.6) is 11.5 Å². The summed E-state index contributed by atoms with van der Waals surface area (Å²) in [4.78, 5) is 6.92. The van der Waals surface area contributed by atoms with Crippen molar-refractivity contribution >= 4 is 29.9 Å². The maximum atomic E-state index is 5.52. The first-order chi connectivity index (χ1) is 11.8. The van der Waals surface area contributed by atoms with Crippen molar-refractivity contribution in [2.75, 3.05) is 34.4 Å². The van der Waals surface area contributed by atoms with Gasteiger partial charge in [0.25, 0.3) is 0 Å². The maximum Gasteiger partial charge on any atom is 0.193 e. The molecule has 1 aromatic rings. The van der Waals surface area contributed by atoms with Crippen LogP contribution in [0, 0.1) is 11.8 Å². The molecule has 0 spiro atoms. The van der Waals surface area contributed by atoms with E-state index >= 15 is 0 Å². The second-order valence-electron chi connectivity index (χ2n) is 6.76. The SMILES string of the molecule is CN=C(NCc1cccc(OC)c1OC)N1CC2CCCCC2C1.I. The van der Waals surface area contributed by atoms with Crippen LogP contribution in [0.2, 0.25) is 0 Å². The van der Waals surface area contributed by atoms with Gasteiger partial charge in [0, 0.05) is 32.2 Å². The van der Waals surface area contributed by atoms with Gasteiger partial charge in [0.2, 0.25) is 0 Å². The van der Waals surface area contributed by atoms with Gasteiger partial charge in [0.15, 0.2) is 17.5 Å². The lowest BCUT2D eigenvalue weighted by molar-refractivity contribution is 0.299. The van der Waals surface area contributed by atoms with Crippen LogP contribution in [0.25, 0.3) is 0 Å². The highest BCUT2D eigenvalue weighted by molar-refractivity contribution is 14.0. The van der Waals surface area contributed by atoms with Crippen LogP contribution in [0.4, 0.5) is 0 Å². The van der Waals surface area contributed by atoms with E-state index in [0.717, 1.165) is 47.9 Å². The molecule has 5 nitrogen and oxygen atoms in total. The molecule has 1 heterocycles. The minimum atomic E-state index is 0. The Hall–Kier alpha value is -1.18. The first-order valence-corrected chi connectivity index (χ1v) is 8.92. The van der Waals surface area contributed by atoms with Crippen molar-refractivity contribution < 1.29 is 9.47 Å². The first kappa shape index (κ1) is 20.1. The summed E-state index contributed by atoms with van der Waals surface area (Å²) >= 11 is 0. The molecule has 0 aromatic heterocycles. The minimum Gasteiger partial charge on any atom is -0.493 e. The zero-order valence-electron chi connectivity index (χ0n) is 15.5. The molecule has 140 valence electrons. The largest absolute Gasteiger partial charge is 0.493 e. The molecule has 1 aliphatic heterocycles. The Labute approximate surface area is 168 Å². The van der Waals surface area contributed by atoms with E-state index in [1.54, 1.807) is 14.2 Å². The van der Waals surface area contributed by atoms with Crippen LogP contribution in [0.1, 0.15) is 31.2 Å². The molecule has 25 heavy (non-hydrogen) atoms. The molecular formula is C19H30IN3O2. The lowest BCUT2D eigenvalue weighted by atomic mass is 9.82. The zero-order chi connectivity index (χ0) is 16.9. The van der Waals surface area contributed by atoms with Crippen LogP contribution in [0.15, 0.2) is 23.2 Å². The molecule has 0 bridgehead atoms. The predicted octanol–water partition coefficient (Wildman–Crippen LogP) is 3.52. The number of likely N-dealkylation sites (tertiary alicyclic amines) is 1. The van der Waals surface area contributed by atoms with E-state index in [9.17, 15) is 0 Å². The van der Waals surface area contributed by atoms with Crippen molar-refractivity contribution in [3.05, 3.63) is 23.8 Å². The molecule has 3 rings (SSSR count). The fraction of sp³-hybridized carbons (Fsp3) is 0.632. The summed E-state index contributed by atoms with van der Waals surface area (Å²) in [6.07, 6.45) is 5.54. The van der Waals surface area contributed by atoms with E-state index in [1.165, 1.54) is 25.7 Å². The van der Waals surface area contributed by atoms with Crippen molar-refractivity contribution in [3.63, 3.8) is 0 Å². The van der Waals surface area contributed by atoms with Crippen LogP contribution in [0.3, 0.4) is 0 Å². The van der Waals surface area contributed by atoms with E-state index in [-0.39, 0.29) is 24.0 Å². The number of nitrogens with zero attached hydrogens (tertiary/aromatic N) is 2. The smallest absolute Gasteiger partial charge is 0.193 e. The molecule has 6 heteroatoms. The zero-order valence-corrected chi connectivity index (χ0v) is 17.8. The second-order valence-corrected chi connectivity index (χ2v) is 6.76. The van der Waals surface area contributed by atoms with Crippen molar-refractivity contribution in [2.45, 2.75) is 32.2 Å². The van der Waals surface area contributed by atoms with Gasteiger partial charge in [-0.1, -0.05) is 25.0 Å². The Bertz CT molecular complexity index is 580. The van der Waals surface area contributed by atoms with Crippen molar-refractivity contribution in [1.82, 2.24) is 10.2 Å². The van der Waals surface area contributed by atoms with Gasteiger partial charge in [0.1, 0.15) is 0 Å². The van der Waals surface area contributed by atoms with Gasteiger partial charge in [-0.25, -0.2) is 0 Å². The molecule has 0 radical (unpaired) electrons. The van der Waals surface area contributed by atoms with Crippen LogP contribution in [-0.2, 0) is 6.54 Å². The molecule has 1 N–H and O–H groups in total. The lowest BCUT2D eigenvalue weighted by Gasteiger charge is -2.22. The molecule has 1 saturated carbocycles. The summed E-state index contributed by atoms with van der Waals surface area (Å²) in [5.41, 5.74) is 1.08. The van der Waals surface area contributed by atoms with Crippen LogP contribution >= 0.6 is 24.0 Å². The van der Waals surface area contributed by atoms with E-state index in [2.05, 4.69) is 21.3 Å². The molecule has 2 fully saturated rings. The molecule has 2 unspecified atom stereocenters. The highest BCUT2D eigenvalue weighted by Gasteiger charge is 2.35. The number of guanidine groups is 1. The normalized spacial score (nSPS) is 22.8. The molecule has 2 aliphatic rings. The number of benzene rings is 1. The number of methoxy groups -OCH3 is 2. The average molecular weight is 459 g/mol. The predicted molar refractivity (Wildman–Crippen MR) is 112 cm³/mol. The lowest BCUT2D eigenvalue weighted by Crippen LogP contribution is -2.39. The first-order valence-electron chi connectivity index (χ1n) is 8.92. The number of hydrogen-bond donors (Lipinski definition) is 1. The topological polar surface area (TPSA) is 46.1 Å². The number of para-hydroxylation sites is 1. The molecular weight excluding hydrogens is 429 g/mol. The Balaban J connectivity index is 0.00000225. The Morgan fingerprint density at radius 3 is 2.40 bits per heavy atom. The number of rotatable bonds is 4. The van der Waals surface area contributed by atoms with Gasteiger partial charge >= 0.3 is 0 Å². The second kappa shape index (κ2) is 9.50. The van der Waals surface area contributed by atoms with Gasteiger partial charge in [-0.05, 0) is 30.7 Å². The van der Waals surface area contributed by atoms with Crippen LogP contribution in [-0.4, -0.2) is 45.2 Å². The highest BCUT2D eigenvalue weighted by atomic mass is 127. The van der Waals surface area contributed by atoms with Crippen molar-refractivity contribution in [2.24, 2.45) is 16.8 Å². The van der Waals surface area contributed by atoms with E-state index in [1.807, 2.05) is 19.2 Å². The quantitative estimate of drug-likeness (QED) is 0.425. The number of halogens is 1. The standard InChI is InChI=1S/C19H29N3O2.HI/c1-20-19(22-12-15-7-4-5-8-16(15)13-22)21-11-14-9-6-10-17(23-2)18(14)24-3;/h6,9-10,15-16H,4-5,7-8,11-13H2,1-3H3,(H,20,21);1H. The van der Waals surface area contributed by atoms with Crippen molar-refractivity contribution in [3.8, 4) is 11.5 Å². The number of nitrogens with one attached hydrogen (secondary N) is 1. The summed E-state index contributed by atoms with van der Waals surface area (Å²) < 4.78 is 10.9. The van der Waals surface area contributed by atoms with E-state index < -0.39 is 0 Å². The minimum absolute atomic E-state index is 0. The van der Waals surface area contributed by atoms with E-state index in [0.29, 0.717) is 6.54 Å². The van der Waals surface area contributed by atoms with Gasteiger partial charge in [-0.2, -0.15) is 0 Å². The summed E-state index contributed by atoms with van der Waals surface area (Å²) in [6, 6.07) is 5.97. The average Bonchev–Trinajstić information content (AvgIpc) is 3.05. The highest BCUT2D eigenvalue weighted by Crippen LogP contribution is 2.36. The summed E-state index contributed by atoms with van der Waals surface area (Å²) in [7, 11) is 5.22. The number of hydrogen-bond acceptors (Lipinski definition) is 3. The van der Waals surface area contributed by atoms with Crippen molar-refractivity contribution in [1.29, 1.82) is 0 Å². The Morgan fingerprint density at radius 1 is 1.16 bits per heavy atom. The number of ether oxygens (including phenoxy) is 2. The van der Waals surface area contributed by atoms with E-state index in [4.69, 9.17) is 9.47 Å². The molecule has 2 atom stereocenters. The van der Waals surface area contributed by atoms with Gasteiger partial charge in [0.05, 0.1) is 14.2 Å². The fourth-order valence-electron chi connectivity index (χ4n) is 4.18. The summed E-state index contributed by atoms with van der Waals surface area (Å²) in [5, 5.41) is 3.50. The molecule has 1 saturated heterocycles. The monoisotopic (exact) mass is 459 g/mol. The Morgan fingerprint density at radius 2 is 1.84 bits per heavy atom. The molecule has 1 aromatic carbocycles.